The predicted octanol–water partition coefficient (Wildman–Crippen LogP) is 2.37. The number of nitrogens with one attached hydrogen (secondary N) is 2. The lowest BCUT2D eigenvalue weighted by Gasteiger charge is -2.36. The van der Waals surface area contributed by atoms with Crippen molar-refractivity contribution in [1.29, 1.82) is 0 Å². The summed E-state index contributed by atoms with van der Waals surface area (Å²) in [5, 5.41) is 3.36. The monoisotopic (exact) mass is 379 g/mol. The summed E-state index contributed by atoms with van der Waals surface area (Å²) in [4.78, 5) is 2.21. The predicted molar refractivity (Wildman–Crippen MR) is 102 cm³/mol. The second-order valence-electron chi connectivity index (χ2n) is 6.27. The molecule has 0 saturated carbocycles. The molecule has 3 rings (SSSR count). The van der Waals surface area contributed by atoms with Crippen molar-refractivity contribution in [2.24, 2.45) is 0 Å². The van der Waals surface area contributed by atoms with Crippen LogP contribution in [-0.2, 0) is 23.0 Å². The van der Waals surface area contributed by atoms with E-state index < -0.39 is 10.0 Å². The number of halogens is 1. The summed E-state index contributed by atoms with van der Waals surface area (Å²) in [5.41, 5.74) is 3.35. The molecule has 2 N–H and O–H groups in total. The second kappa shape index (κ2) is 7.74. The van der Waals surface area contributed by atoms with E-state index in [1.54, 1.807) is 7.05 Å². The maximum absolute atomic E-state index is 12.1. The van der Waals surface area contributed by atoms with Gasteiger partial charge in [-0.1, -0.05) is 41.9 Å². The van der Waals surface area contributed by atoms with E-state index in [4.69, 9.17) is 11.6 Å². The van der Waals surface area contributed by atoms with Crippen LogP contribution in [0.2, 0.25) is 5.02 Å². The molecule has 0 spiro atoms. The van der Waals surface area contributed by atoms with Crippen LogP contribution in [0.3, 0.4) is 0 Å². The van der Waals surface area contributed by atoms with Gasteiger partial charge in [0.05, 0.1) is 0 Å². The summed E-state index contributed by atoms with van der Waals surface area (Å²) in [6, 6.07) is 15.8. The highest BCUT2D eigenvalue weighted by molar-refractivity contribution is 7.89. The molecule has 1 unspecified atom stereocenters. The van der Waals surface area contributed by atoms with Gasteiger partial charge in [-0.15, -0.1) is 0 Å². The minimum absolute atomic E-state index is 0.0927. The zero-order valence-electron chi connectivity index (χ0n) is 14.1. The van der Waals surface area contributed by atoms with Gasteiger partial charge in [0.15, 0.2) is 0 Å². The summed E-state index contributed by atoms with van der Waals surface area (Å²) in [7, 11) is -1.74. The largest absolute Gasteiger partial charge is 0.365 e. The minimum atomic E-state index is -3.36. The van der Waals surface area contributed by atoms with Gasteiger partial charge >= 0.3 is 0 Å². The molecule has 134 valence electrons. The first kappa shape index (κ1) is 18.2. The molecule has 0 amide bonds. The molecule has 1 atom stereocenters. The molecule has 1 aliphatic rings. The lowest BCUT2D eigenvalue weighted by atomic mass is 9.98. The highest BCUT2D eigenvalue weighted by Gasteiger charge is 2.27. The maximum Gasteiger partial charge on any atom is 0.225 e. The lowest BCUT2D eigenvalue weighted by Crippen LogP contribution is -2.49. The van der Waals surface area contributed by atoms with Gasteiger partial charge < -0.3 is 10.2 Å². The number of rotatable bonds is 6. The van der Waals surface area contributed by atoms with Gasteiger partial charge in [-0.05, 0) is 42.8 Å². The van der Waals surface area contributed by atoms with Gasteiger partial charge in [-0.2, -0.15) is 0 Å². The Morgan fingerprint density at radius 1 is 1.20 bits per heavy atom. The van der Waals surface area contributed by atoms with Gasteiger partial charge in [0.25, 0.3) is 0 Å². The van der Waals surface area contributed by atoms with Crippen molar-refractivity contribution >= 4 is 27.3 Å². The van der Waals surface area contributed by atoms with Gasteiger partial charge in [0, 0.05) is 29.8 Å². The molecule has 0 aromatic heterocycles. The molecule has 7 heteroatoms. The first-order chi connectivity index (χ1) is 12.0. The van der Waals surface area contributed by atoms with Crippen molar-refractivity contribution in [3.05, 3.63) is 64.7 Å². The van der Waals surface area contributed by atoms with Crippen LogP contribution in [-0.4, -0.2) is 33.9 Å². The molecule has 1 aliphatic heterocycles. The average molecular weight is 380 g/mol. The van der Waals surface area contributed by atoms with Crippen LogP contribution in [0.4, 0.5) is 5.69 Å². The van der Waals surface area contributed by atoms with Crippen LogP contribution in [0.1, 0.15) is 11.1 Å². The quantitative estimate of drug-likeness (QED) is 0.808. The Morgan fingerprint density at radius 2 is 1.96 bits per heavy atom. The first-order valence-corrected chi connectivity index (χ1v) is 10.2. The number of benzene rings is 2. The number of hydrogen-bond donors (Lipinski definition) is 2. The number of hydrogen-bond acceptors (Lipinski definition) is 4. The van der Waals surface area contributed by atoms with Crippen LogP contribution in [0.15, 0.2) is 48.5 Å². The van der Waals surface area contributed by atoms with E-state index in [2.05, 4.69) is 27.1 Å². The van der Waals surface area contributed by atoms with Crippen molar-refractivity contribution in [2.45, 2.75) is 19.0 Å². The Bertz CT molecular complexity index is 827. The molecule has 2 aromatic rings. The molecule has 25 heavy (non-hydrogen) atoms. The third-order valence-electron chi connectivity index (χ3n) is 4.19. The van der Waals surface area contributed by atoms with Crippen LogP contribution < -0.4 is 14.9 Å². The van der Waals surface area contributed by atoms with Crippen LogP contribution in [0.25, 0.3) is 0 Å². The maximum atomic E-state index is 12.1. The summed E-state index contributed by atoms with van der Waals surface area (Å²) in [6.45, 7) is 1.34. The van der Waals surface area contributed by atoms with Crippen molar-refractivity contribution in [1.82, 2.24) is 10.0 Å². The molecule has 0 bridgehead atoms. The molecule has 0 radical (unpaired) electrons. The van der Waals surface area contributed by atoms with Crippen molar-refractivity contribution in [2.75, 3.05) is 24.4 Å². The fourth-order valence-corrected chi connectivity index (χ4v) is 4.56. The average Bonchev–Trinajstić information content (AvgIpc) is 2.54. The number of sulfonamides is 1. The van der Waals surface area contributed by atoms with Crippen molar-refractivity contribution in [3.8, 4) is 0 Å². The third kappa shape index (κ3) is 4.73. The topological polar surface area (TPSA) is 61.4 Å². The standard InChI is InChI=1S/C18H22ClN3O2S/c1-20-13-25(23,24)21-17-10-15-9-16(19)7-8-18(15)22(12-17)11-14-5-3-2-4-6-14/h2-9,17,20-21H,10-13H2,1H3. The smallest absolute Gasteiger partial charge is 0.225 e. The molecule has 5 nitrogen and oxygen atoms in total. The van der Waals surface area contributed by atoms with E-state index in [-0.39, 0.29) is 11.9 Å². The number of nitrogens with zero attached hydrogens (tertiary/aromatic N) is 1. The van der Waals surface area contributed by atoms with Crippen molar-refractivity contribution < 1.29 is 8.42 Å². The van der Waals surface area contributed by atoms with E-state index in [1.165, 1.54) is 5.56 Å². The highest BCUT2D eigenvalue weighted by atomic mass is 35.5. The molecule has 0 aliphatic carbocycles. The highest BCUT2D eigenvalue weighted by Crippen LogP contribution is 2.31. The molecule has 0 saturated heterocycles. The van der Waals surface area contributed by atoms with Gasteiger partial charge in [-0.25, -0.2) is 13.1 Å². The molecule has 0 fully saturated rings. The summed E-state index contributed by atoms with van der Waals surface area (Å²) in [5.74, 6) is -0.0927. The molecular formula is C18H22ClN3O2S. The summed E-state index contributed by atoms with van der Waals surface area (Å²) < 4.78 is 27.0. The van der Waals surface area contributed by atoms with Crippen LogP contribution in [0.5, 0.6) is 0 Å². The molecule has 1 heterocycles. The minimum Gasteiger partial charge on any atom is -0.365 e. The van der Waals surface area contributed by atoms with E-state index in [9.17, 15) is 8.42 Å². The zero-order valence-corrected chi connectivity index (χ0v) is 15.6. The number of fused-ring (bicyclic) bond motifs is 1. The Balaban J connectivity index is 1.86. The van der Waals surface area contributed by atoms with Crippen LogP contribution >= 0.6 is 11.6 Å². The van der Waals surface area contributed by atoms with E-state index >= 15 is 0 Å². The van der Waals surface area contributed by atoms with Gasteiger partial charge in [0.2, 0.25) is 10.0 Å². The zero-order chi connectivity index (χ0) is 17.9. The normalized spacial score (nSPS) is 17.4. The first-order valence-electron chi connectivity index (χ1n) is 8.19. The summed E-state index contributed by atoms with van der Waals surface area (Å²) in [6.07, 6.45) is 0.629. The van der Waals surface area contributed by atoms with Crippen molar-refractivity contribution in [3.63, 3.8) is 0 Å². The Hall–Kier alpha value is -1.60. The van der Waals surface area contributed by atoms with Gasteiger partial charge in [0.1, 0.15) is 5.88 Å². The molecule has 2 aromatic carbocycles. The second-order valence-corrected chi connectivity index (χ2v) is 8.46. The van der Waals surface area contributed by atoms with Crippen LogP contribution in [0, 0.1) is 0 Å². The number of anilines is 1. The lowest BCUT2D eigenvalue weighted by molar-refractivity contribution is 0.522. The Morgan fingerprint density at radius 3 is 2.68 bits per heavy atom. The van der Waals surface area contributed by atoms with E-state index in [1.807, 2.05) is 36.4 Å². The Labute approximate surface area is 154 Å². The third-order valence-corrected chi connectivity index (χ3v) is 5.78. The van der Waals surface area contributed by atoms with Gasteiger partial charge in [-0.3, -0.25) is 0 Å². The fourth-order valence-electron chi connectivity index (χ4n) is 3.24. The SMILES string of the molecule is CNCS(=O)(=O)NC1Cc2cc(Cl)ccc2N(Cc2ccccc2)C1. The molecular weight excluding hydrogens is 358 g/mol. The fraction of sp³-hybridized carbons (Fsp3) is 0.333. The summed E-state index contributed by atoms with van der Waals surface area (Å²) >= 11 is 6.15. The van der Waals surface area contributed by atoms with E-state index in [0.29, 0.717) is 18.0 Å². The Kier molecular flexibility index (Phi) is 5.64. The van der Waals surface area contributed by atoms with E-state index in [0.717, 1.165) is 17.8 Å².